The third kappa shape index (κ3) is 3.89. The minimum Gasteiger partial charge on any atom is -0.494 e. The Morgan fingerprint density at radius 1 is 1.28 bits per heavy atom. The summed E-state index contributed by atoms with van der Waals surface area (Å²) in [5.41, 5.74) is 8.36. The van der Waals surface area contributed by atoms with Crippen LogP contribution in [0.3, 0.4) is 0 Å². The Hall–Kier alpha value is -1.43. The van der Waals surface area contributed by atoms with E-state index in [0.29, 0.717) is 0 Å². The second-order valence-corrected chi connectivity index (χ2v) is 8.39. The molecule has 1 aromatic carbocycles. The maximum absolute atomic E-state index is 5.99. The number of ether oxygens (including phenoxy) is 1. The average Bonchev–Trinajstić information content (AvgIpc) is 3.27. The van der Waals surface area contributed by atoms with Crippen molar-refractivity contribution in [1.82, 2.24) is 9.88 Å². The van der Waals surface area contributed by atoms with Gasteiger partial charge in [-0.15, -0.1) is 11.3 Å². The predicted molar refractivity (Wildman–Crippen MR) is 103 cm³/mol. The molecule has 1 fully saturated rings. The zero-order valence-electron chi connectivity index (χ0n) is 14.9. The molecule has 4 rings (SSSR count). The van der Waals surface area contributed by atoms with E-state index in [-0.39, 0.29) is 6.04 Å². The predicted octanol–water partition coefficient (Wildman–Crippen LogP) is 3.49. The standard InChI is InChI=1S/C20H27N3OS/c1-14-4-2-9-23(14)10-3-11-24-17-7-5-15(6-8-17)20-22-18-12-16(21)13-19(18)25-20/h5-8,14,16H,2-4,9-13,21H2,1H3. The van der Waals surface area contributed by atoms with Crippen molar-refractivity contribution >= 4 is 11.3 Å². The minimum absolute atomic E-state index is 0.266. The summed E-state index contributed by atoms with van der Waals surface area (Å²) in [7, 11) is 0. The van der Waals surface area contributed by atoms with Gasteiger partial charge in [0, 0.05) is 35.5 Å². The summed E-state index contributed by atoms with van der Waals surface area (Å²) in [4.78, 5) is 8.69. The van der Waals surface area contributed by atoms with E-state index in [0.717, 1.165) is 49.2 Å². The molecule has 2 unspecified atom stereocenters. The molecule has 1 aliphatic carbocycles. The van der Waals surface area contributed by atoms with Crippen molar-refractivity contribution in [2.45, 2.75) is 51.1 Å². The lowest BCUT2D eigenvalue weighted by Gasteiger charge is -2.20. The first kappa shape index (κ1) is 17.0. The SMILES string of the molecule is CC1CCCN1CCCOc1ccc(-c2nc3c(s2)CC(N)C3)cc1. The Balaban J connectivity index is 1.28. The maximum Gasteiger partial charge on any atom is 0.123 e. The van der Waals surface area contributed by atoms with Crippen molar-refractivity contribution in [1.29, 1.82) is 0 Å². The lowest BCUT2D eigenvalue weighted by atomic mass is 10.2. The third-order valence-corrected chi connectivity index (χ3v) is 6.50. The van der Waals surface area contributed by atoms with Crippen molar-refractivity contribution < 1.29 is 4.74 Å². The molecule has 2 aliphatic rings. The van der Waals surface area contributed by atoms with Crippen molar-refractivity contribution in [2.24, 2.45) is 5.73 Å². The number of nitrogens with zero attached hydrogens (tertiary/aromatic N) is 2. The van der Waals surface area contributed by atoms with Gasteiger partial charge in [0.1, 0.15) is 10.8 Å². The largest absolute Gasteiger partial charge is 0.494 e. The highest BCUT2D eigenvalue weighted by atomic mass is 32.1. The van der Waals surface area contributed by atoms with Crippen LogP contribution in [0.4, 0.5) is 0 Å². The van der Waals surface area contributed by atoms with E-state index in [4.69, 9.17) is 15.5 Å². The quantitative estimate of drug-likeness (QED) is 0.804. The van der Waals surface area contributed by atoms with Crippen molar-refractivity contribution in [3.8, 4) is 16.3 Å². The first-order valence-corrected chi connectivity index (χ1v) is 10.2. The molecule has 0 bridgehead atoms. The highest BCUT2D eigenvalue weighted by Crippen LogP contribution is 2.33. The number of benzene rings is 1. The molecular weight excluding hydrogens is 330 g/mol. The molecule has 1 aliphatic heterocycles. The van der Waals surface area contributed by atoms with E-state index in [2.05, 4.69) is 36.1 Å². The third-order valence-electron chi connectivity index (χ3n) is 5.33. The zero-order valence-corrected chi connectivity index (χ0v) is 15.7. The molecule has 1 saturated heterocycles. The molecule has 2 heterocycles. The number of rotatable bonds is 6. The fourth-order valence-electron chi connectivity index (χ4n) is 3.86. The van der Waals surface area contributed by atoms with Gasteiger partial charge < -0.3 is 15.4 Å². The van der Waals surface area contributed by atoms with Crippen LogP contribution >= 0.6 is 11.3 Å². The number of thiazole rings is 1. The minimum atomic E-state index is 0.266. The van der Waals surface area contributed by atoms with Gasteiger partial charge in [-0.1, -0.05) is 0 Å². The average molecular weight is 358 g/mol. The molecule has 134 valence electrons. The monoisotopic (exact) mass is 357 g/mol. The van der Waals surface area contributed by atoms with Crippen LogP contribution in [-0.4, -0.2) is 41.7 Å². The Morgan fingerprint density at radius 3 is 2.84 bits per heavy atom. The smallest absolute Gasteiger partial charge is 0.123 e. The van der Waals surface area contributed by atoms with Crippen LogP contribution in [0.15, 0.2) is 24.3 Å². The second-order valence-electron chi connectivity index (χ2n) is 7.31. The van der Waals surface area contributed by atoms with Crippen LogP contribution < -0.4 is 10.5 Å². The summed E-state index contributed by atoms with van der Waals surface area (Å²) in [5.74, 6) is 0.948. The molecule has 2 aromatic rings. The van der Waals surface area contributed by atoms with Crippen molar-refractivity contribution in [2.75, 3.05) is 19.7 Å². The highest BCUT2D eigenvalue weighted by molar-refractivity contribution is 7.15. The van der Waals surface area contributed by atoms with Crippen LogP contribution in [0.5, 0.6) is 5.75 Å². The molecule has 1 aromatic heterocycles. The summed E-state index contributed by atoms with van der Waals surface area (Å²) in [6.07, 6.45) is 5.67. The zero-order chi connectivity index (χ0) is 17.2. The van der Waals surface area contributed by atoms with E-state index in [1.54, 1.807) is 11.3 Å². The van der Waals surface area contributed by atoms with Crippen molar-refractivity contribution in [3.05, 3.63) is 34.8 Å². The van der Waals surface area contributed by atoms with E-state index >= 15 is 0 Å². The molecule has 2 N–H and O–H groups in total. The number of likely N-dealkylation sites (tertiary alicyclic amines) is 1. The normalized spacial score (nSPS) is 23.1. The maximum atomic E-state index is 5.99. The molecule has 0 radical (unpaired) electrons. The van der Waals surface area contributed by atoms with Gasteiger partial charge in [-0.2, -0.15) is 0 Å². The molecule has 25 heavy (non-hydrogen) atoms. The van der Waals surface area contributed by atoms with E-state index in [1.807, 2.05) is 0 Å². The molecule has 0 saturated carbocycles. The lowest BCUT2D eigenvalue weighted by Crippen LogP contribution is -2.28. The van der Waals surface area contributed by atoms with E-state index in [1.165, 1.54) is 35.5 Å². The fourth-order valence-corrected chi connectivity index (χ4v) is 5.05. The van der Waals surface area contributed by atoms with Gasteiger partial charge in [0.05, 0.1) is 12.3 Å². The van der Waals surface area contributed by atoms with E-state index < -0.39 is 0 Å². The van der Waals surface area contributed by atoms with Gasteiger partial charge in [0.15, 0.2) is 0 Å². The Morgan fingerprint density at radius 2 is 2.12 bits per heavy atom. The van der Waals surface area contributed by atoms with Crippen LogP contribution in [0.2, 0.25) is 0 Å². The summed E-state index contributed by atoms with van der Waals surface area (Å²) in [6, 6.07) is 9.37. The summed E-state index contributed by atoms with van der Waals surface area (Å²) in [5, 5.41) is 1.10. The topological polar surface area (TPSA) is 51.4 Å². The van der Waals surface area contributed by atoms with Crippen LogP contribution in [0.1, 0.15) is 36.8 Å². The molecule has 5 heteroatoms. The Labute approximate surface area is 154 Å². The number of hydrogen-bond acceptors (Lipinski definition) is 5. The number of hydrogen-bond donors (Lipinski definition) is 1. The van der Waals surface area contributed by atoms with Gasteiger partial charge in [-0.3, -0.25) is 0 Å². The van der Waals surface area contributed by atoms with Gasteiger partial charge in [-0.25, -0.2) is 4.98 Å². The second kappa shape index (κ2) is 7.44. The Kier molecular flexibility index (Phi) is 5.06. The van der Waals surface area contributed by atoms with Gasteiger partial charge in [-0.05, 0) is 63.4 Å². The van der Waals surface area contributed by atoms with Gasteiger partial charge in [0.25, 0.3) is 0 Å². The molecule has 2 atom stereocenters. The number of nitrogens with two attached hydrogens (primary N) is 1. The summed E-state index contributed by atoms with van der Waals surface area (Å²) >= 11 is 1.78. The first-order chi connectivity index (χ1) is 12.2. The van der Waals surface area contributed by atoms with Gasteiger partial charge in [0.2, 0.25) is 0 Å². The lowest BCUT2D eigenvalue weighted by molar-refractivity contribution is 0.230. The number of fused-ring (bicyclic) bond motifs is 1. The van der Waals surface area contributed by atoms with Crippen molar-refractivity contribution in [3.63, 3.8) is 0 Å². The summed E-state index contributed by atoms with van der Waals surface area (Å²) in [6.45, 7) is 5.51. The van der Waals surface area contributed by atoms with Crippen LogP contribution in [-0.2, 0) is 12.8 Å². The molecule has 0 spiro atoms. The van der Waals surface area contributed by atoms with Crippen LogP contribution in [0.25, 0.3) is 10.6 Å². The number of aromatic nitrogens is 1. The molecule has 0 amide bonds. The highest BCUT2D eigenvalue weighted by Gasteiger charge is 2.23. The molecule has 4 nitrogen and oxygen atoms in total. The van der Waals surface area contributed by atoms with Gasteiger partial charge >= 0.3 is 0 Å². The summed E-state index contributed by atoms with van der Waals surface area (Å²) < 4.78 is 5.91. The molecular formula is C20H27N3OS. The fraction of sp³-hybridized carbons (Fsp3) is 0.550. The van der Waals surface area contributed by atoms with E-state index in [9.17, 15) is 0 Å². The Bertz CT molecular complexity index is 689. The first-order valence-electron chi connectivity index (χ1n) is 9.40. The van der Waals surface area contributed by atoms with Crippen LogP contribution in [0, 0.1) is 0 Å².